The van der Waals surface area contributed by atoms with Gasteiger partial charge in [-0.15, -0.1) is 0 Å². The first-order valence-corrected chi connectivity index (χ1v) is 2.04. The number of nitrogens with zero attached hydrogens (tertiary/aromatic N) is 1. The van der Waals surface area contributed by atoms with Crippen LogP contribution in [0.15, 0.2) is 10.7 Å². The average molecular weight is 96.1 g/mol. The van der Waals surface area contributed by atoms with E-state index in [0.29, 0.717) is 5.76 Å². The molecule has 0 fully saturated rings. The molecular formula is C5H6NO. The fraction of sp³-hybridized carbons (Fsp3) is 0.200. The van der Waals surface area contributed by atoms with E-state index in [9.17, 15) is 0 Å². The van der Waals surface area contributed by atoms with Gasteiger partial charge >= 0.3 is 0 Å². The minimum absolute atomic E-state index is 0.653. The smallest absolute Gasteiger partial charge is 0.140 e. The Labute approximate surface area is 42.1 Å². The zero-order valence-electron chi connectivity index (χ0n) is 4.14. The van der Waals surface area contributed by atoms with E-state index in [0.717, 1.165) is 5.56 Å². The number of aryl methyl sites for hydroxylation is 1. The molecule has 0 aromatic carbocycles. The molecule has 1 aromatic heterocycles. The lowest BCUT2D eigenvalue weighted by atomic mass is 10.3. The van der Waals surface area contributed by atoms with Gasteiger partial charge < -0.3 is 4.52 Å². The number of aromatic nitrogens is 1. The molecule has 0 aliphatic rings. The van der Waals surface area contributed by atoms with E-state index in [-0.39, 0.29) is 0 Å². The summed E-state index contributed by atoms with van der Waals surface area (Å²) in [5, 5.41) is 3.48. The lowest BCUT2D eigenvalue weighted by Gasteiger charge is -1.75. The Bertz CT molecular complexity index is 140. The van der Waals surface area contributed by atoms with Crippen molar-refractivity contribution in [2.24, 2.45) is 0 Å². The van der Waals surface area contributed by atoms with Crippen LogP contribution in [0, 0.1) is 13.8 Å². The number of hydrogen-bond acceptors (Lipinski definition) is 2. The highest BCUT2D eigenvalue weighted by molar-refractivity contribution is 5.12. The molecular weight excluding hydrogens is 90.1 g/mol. The summed E-state index contributed by atoms with van der Waals surface area (Å²) in [6, 6.07) is 0. The van der Waals surface area contributed by atoms with Crippen LogP contribution in [0.5, 0.6) is 0 Å². The molecule has 0 bridgehead atoms. The van der Waals surface area contributed by atoms with Crippen molar-refractivity contribution in [3.63, 3.8) is 0 Å². The lowest BCUT2D eigenvalue weighted by Crippen LogP contribution is -1.63. The van der Waals surface area contributed by atoms with Crippen molar-refractivity contribution >= 4 is 0 Å². The fourth-order valence-corrected chi connectivity index (χ4v) is 0.313. The standard InChI is InChI=1S/C5H6NO/c1-4-3-6-7-5(4)2/h3H,2H2,1H3. The molecule has 7 heavy (non-hydrogen) atoms. The van der Waals surface area contributed by atoms with Crippen molar-refractivity contribution in [3.8, 4) is 0 Å². The van der Waals surface area contributed by atoms with E-state index in [1.54, 1.807) is 6.20 Å². The third kappa shape index (κ3) is 0.633. The van der Waals surface area contributed by atoms with Crippen molar-refractivity contribution in [2.75, 3.05) is 0 Å². The Morgan fingerprint density at radius 3 is 2.71 bits per heavy atom. The molecule has 0 aliphatic carbocycles. The van der Waals surface area contributed by atoms with Crippen LogP contribution >= 0.6 is 0 Å². The van der Waals surface area contributed by atoms with Gasteiger partial charge in [-0.25, -0.2) is 0 Å². The molecule has 0 amide bonds. The molecule has 0 unspecified atom stereocenters. The summed E-state index contributed by atoms with van der Waals surface area (Å²) in [6.45, 7) is 5.45. The van der Waals surface area contributed by atoms with Gasteiger partial charge in [0.2, 0.25) is 0 Å². The third-order valence-electron chi connectivity index (χ3n) is 0.849. The second kappa shape index (κ2) is 1.37. The zero-order chi connectivity index (χ0) is 5.28. The topological polar surface area (TPSA) is 26.0 Å². The van der Waals surface area contributed by atoms with Crippen LogP contribution in [0.25, 0.3) is 0 Å². The highest BCUT2D eigenvalue weighted by Gasteiger charge is 1.91. The Balaban J connectivity index is 3.12. The summed E-state index contributed by atoms with van der Waals surface area (Å²) in [5.74, 6) is 0.653. The van der Waals surface area contributed by atoms with Crippen LogP contribution in [0.4, 0.5) is 0 Å². The summed E-state index contributed by atoms with van der Waals surface area (Å²) < 4.78 is 4.60. The molecule has 1 heterocycles. The van der Waals surface area contributed by atoms with Crippen LogP contribution < -0.4 is 0 Å². The zero-order valence-corrected chi connectivity index (χ0v) is 4.14. The van der Waals surface area contributed by atoms with Crippen molar-refractivity contribution in [3.05, 3.63) is 24.4 Å². The van der Waals surface area contributed by atoms with Crippen LogP contribution in [-0.2, 0) is 0 Å². The molecule has 2 nitrogen and oxygen atoms in total. The van der Waals surface area contributed by atoms with Gasteiger partial charge in [0, 0.05) is 12.5 Å². The van der Waals surface area contributed by atoms with Crippen LogP contribution in [-0.4, -0.2) is 5.16 Å². The van der Waals surface area contributed by atoms with Gasteiger partial charge in [-0.3, -0.25) is 0 Å². The lowest BCUT2D eigenvalue weighted by molar-refractivity contribution is 0.406. The Hall–Kier alpha value is -0.790. The third-order valence-corrected chi connectivity index (χ3v) is 0.849. The molecule has 0 saturated heterocycles. The maximum Gasteiger partial charge on any atom is 0.140 e. The van der Waals surface area contributed by atoms with Gasteiger partial charge in [-0.1, -0.05) is 5.16 Å². The van der Waals surface area contributed by atoms with E-state index in [4.69, 9.17) is 0 Å². The molecule has 0 N–H and O–H groups in total. The number of hydrogen-bond donors (Lipinski definition) is 0. The highest BCUT2D eigenvalue weighted by Crippen LogP contribution is 2.00. The van der Waals surface area contributed by atoms with Gasteiger partial charge in [0.15, 0.2) is 0 Å². The average Bonchev–Trinajstić information content (AvgIpc) is 1.91. The molecule has 0 atom stereocenters. The van der Waals surface area contributed by atoms with Crippen molar-refractivity contribution in [1.29, 1.82) is 0 Å². The second-order valence-electron chi connectivity index (χ2n) is 1.43. The van der Waals surface area contributed by atoms with Gasteiger partial charge in [0.1, 0.15) is 5.76 Å². The van der Waals surface area contributed by atoms with Crippen molar-refractivity contribution < 1.29 is 4.52 Å². The maximum atomic E-state index is 4.60. The van der Waals surface area contributed by atoms with Crippen molar-refractivity contribution in [1.82, 2.24) is 5.16 Å². The SMILES string of the molecule is [CH2]c1oncc1C. The van der Waals surface area contributed by atoms with Gasteiger partial charge in [0.25, 0.3) is 0 Å². The van der Waals surface area contributed by atoms with Crippen LogP contribution in [0.2, 0.25) is 0 Å². The normalized spacial score (nSPS) is 9.43. The summed E-state index contributed by atoms with van der Waals surface area (Å²) in [6.07, 6.45) is 1.64. The van der Waals surface area contributed by atoms with Gasteiger partial charge in [-0.05, 0) is 6.92 Å². The van der Waals surface area contributed by atoms with Crippen LogP contribution in [0.1, 0.15) is 11.3 Å². The molecule has 0 aliphatic heterocycles. The van der Waals surface area contributed by atoms with E-state index >= 15 is 0 Å². The minimum Gasteiger partial charge on any atom is -0.361 e. The molecule has 1 rings (SSSR count). The first-order chi connectivity index (χ1) is 3.30. The monoisotopic (exact) mass is 96.0 g/mol. The predicted molar refractivity (Wildman–Crippen MR) is 25.7 cm³/mol. The Morgan fingerprint density at radius 1 is 1.86 bits per heavy atom. The van der Waals surface area contributed by atoms with E-state index in [1.807, 2.05) is 6.92 Å². The highest BCUT2D eigenvalue weighted by atomic mass is 16.5. The van der Waals surface area contributed by atoms with Gasteiger partial charge in [-0.2, -0.15) is 0 Å². The molecule has 1 radical (unpaired) electrons. The van der Waals surface area contributed by atoms with E-state index in [1.165, 1.54) is 0 Å². The second-order valence-corrected chi connectivity index (χ2v) is 1.43. The molecule has 37 valence electrons. The van der Waals surface area contributed by atoms with Crippen molar-refractivity contribution in [2.45, 2.75) is 6.92 Å². The summed E-state index contributed by atoms with van der Waals surface area (Å²) >= 11 is 0. The molecule has 2 heteroatoms. The predicted octanol–water partition coefficient (Wildman–Crippen LogP) is 1.17. The van der Waals surface area contributed by atoms with E-state index < -0.39 is 0 Å². The summed E-state index contributed by atoms with van der Waals surface area (Å²) in [5.41, 5.74) is 1.00. The Kier molecular flexibility index (Phi) is 0.855. The first-order valence-electron chi connectivity index (χ1n) is 2.04. The first kappa shape index (κ1) is 4.37. The van der Waals surface area contributed by atoms with Crippen LogP contribution in [0.3, 0.4) is 0 Å². The largest absolute Gasteiger partial charge is 0.361 e. The maximum absolute atomic E-state index is 4.60. The minimum atomic E-state index is 0.653. The quantitative estimate of drug-likeness (QED) is 0.484. The molecule has 1 aromatic rings. The number of rotatable bonds is 0. The Morgan fingerprint density at radius 2 is 2.57 bits per heavy atom. The molecule has 0 spiro atoms. The molecule has 0 saturated carbocycles. The van der Waals surface area contributed by atoms with Gasteiger partial charge in [0.05, 0.1) is 6.20 Å². The van der Waals surface area contributed by atoms with E-state index in [2.05, 4.69) is 16.6 Å². The summed E-state index contributed by atoms with van der Waals surface area (Å²) in [4.78, 5) is 0. The fourth-order valence-electron chi connectivity index (χ4n) is 0.313. The summed E-state index contributed by atoms with van der Waals surface area (Å²) in [7, 11) is 0.